The van der Waals surface area contributed by atoms with E-state index in [1.54, 1.807) is 17.0 Å². The van der Waals surface area contributed by atoms with Crippen LogP contribution in [-0.4, -0.2) is 85.3 Å². The van der Waals surface area contributed by atoms with Crippen LogP contribution in [0.15, 0.2) is 78.9 Å². The van der Waals surface area contributed by atoms with E-state index in [0.717, 1.165) is 50.6 Å². The molecule has 0 radical (unpaired) electrons. The molecule has 2 heterocycles. The van der Waals surface area contributed by atoms with Crippen molar-refractivity contribution in [2.24, 2.45) is 0 Å². The van der Waals surface area contributed by atoms with Crippen molar-refractivity contribution in [2.45, 2.75) is 32.7 Å². The summed E-state index contributed by atoms with van der Waals surface area (Å²) in [5.74, 6) is 1.02. The van der Waals surface area contributed by atoms with Crippen LogP contribution in [0.1, 0.15) is 26.7 Å². The number of thiocarbonyl (C=S) groups is 1. The molecule has 0 aromatic heterocycles. The van der Waals surface area contributed by atoms with Gasteiger partial charge in [-0.05, 0) is 99.7 Å². The summed E-state index contributed by atoms with van der Waals surface area (Å²) in [6.45, 7) is 10.4. The highest BCUT2D eigenvalue weighted by Crippen LogP contribution is 2.29. The molecule has 44 heavy (non-hydrogen) atoms. The largest absolute Gasteiger partial charge is 0.494 e. The topological polar surface area (TPSA) is 77.6 Å². The van der Waals surface area contributed by atoms with E-state index in [-0.39, 0.29) is 18.2 Å². The van der Waals surface area contributed by atoms with Gasteiger partial charge in [0.2, 0.25) is 5.91 Å². The van der Waals surface area contributed by atoms with E-state index in [4.69, 9.17) is 21.7 Å². The normalized spacial score (nSPS) is 17.2. The van der Waals surface area contributed by atoms with Gasteiger partial charge in [0.1, 0.15) is 17.5 Å². The van der Waals surface area contributed by atoms with E-state index in [0.29, 0.717) is 36.2 Å². The van der Waals surface area contributed by atoms with Crippen LogP contribution in [0, 0.1) is 0 Å². The number of carbonyl (C=O) groups is 2. The number of anilines is 3. The second-order valence-electron chi connectivity index (χ2n) is 10.8. The first-order valence-corrected chi connectivity index (χ1v) is 15.8. The highest BCUT2D eigenvalue weighted by atomic mass is 32.1. The minimum Gasteiger partial charge on any atom is -0.494 e. The predicted molar refractivity (Wildman–Crippen MR) is 179 cm³/mol. The van der Waals surface area contributed by atoms with Crippen LogP contribution in [0.5, 0.6) is 11.5 Å². The smallest absolute Gasteiger partial charge is 0.256 e. The van der Waals surface area contributed by atoms with Gasteiger partial charge in [-0.15, -0.1) is 0 Å². The number of nitrogens with zero attached hydrogens (tertiary/aromatic N) is 4. The van der Waals surface area contributed by atoms with Crippen molar-refractivity contribution in [1.82, 2.24) is 9.80 Å². The lowest BCUT2D eigenvalue weighted by Crippen LogP contribution is -2.47. The van der Waals surface area contributed by atoms with Crippen LogP contribution in [0.2, 0.25) is 0 Å². The van der Waals surface area contributed by atoms with Gasteiger partial charge >= 0.3 is 0 Å². The average Bonchev–Trinajstić information content (AvgIpc) is 3.27. The summed E-state index contributed by atoms with van der Waals surface area (Å²) >= 11 is 5.88. The maximum Gasteiger partial charge on any atom is 0.256 e. The Morgan fingerprint density at radius 3 is 2.05 bits per heavy atom. The number of nitrogens with one attached hydrogen (secondary N) is 1. The molecule has 2 aliphatic heterocycles. The second-order valence-corrected chi connectivity index (χ2v) is 11.2. The molecule has 3 aromatic rings. The third kappa shape index (κ3) is 7.67. The summed E-state index contributed by atoms with van der Waals surface area (Å²) in [5.41, 5.74) is 2.57. The fraction of sp³-hybridized carbons (Fsp3) is 0.382. The number of hydrogen-bond acceptors (Lipinski definition) is 7. The molecule has 2 saturated heterocycles. The van der Waals surface area contributed by atoms with Crippen LogP contribution in [0.3, 0.4) is 0 Å². The molecule has 10 heteroatoms. The van der Waals surface area contributed by atoms with Crippen molar-refractivity contribution in [3.8, 4) is 11.5 Å². The van der Waals surface area contributed by atoms with Crippen LogP contribution in [0.25, 0.3) is 0 Å². The zero-order valence-electron chi connectivity index (χ0n) is 25.5. The SMILES string of the molecule is CCOc1ccc(NC(=O)C[C@@H]2C(=O)N(c3ccc(OCC)cc3)C(=S)N2CCCN2CCN(c3ccccc3)CC2)cc1. The Hall–Kier alpha value is -4.15. The Labute approximate surface area is 265 Å². The van der Waals surface area contributed by atoms with E-state index in [1.165, 1.54) is 5.69 Å². The lowest BCUT2D eigenvalue weighted by Gasteiger charge is -2.36. The van der Waals surface area contributed by atoms with Crippen LogP contribution < -0.4 is 24.6 Å². The van der Waals surface area contributed by atoms with Crippen LogP contribution in [-0.2, 0) is 9.59 Å². The van der Waals surface area contributed by atoms with E-state index in [1.807, 2.05) is 61.2 Å². The van der Waals surface area contributed by atoms with E-state index >= 15 is 0 Å². The number of piperazine rings is 1. The summed E-state index contributed by atoms with van der Waals surface area (Å²) in [6, 6.07) is 24.4. The molecule has 1 N–H and O–H groups in total. The number of rotatable bonds is 13. The molecule has 9 nitrogen and oxygen atoms in total. The van der Waals surface area contributed by atoms with E-state index < -0.39 is 6.04 Å². The minimum absolute atomic E-state index is 0.00450. The molecule has 232 valence electrons. The number of amides is 2. The Bertz CT molecular complexity index is 1400. The average molecular weight is 616 g/mol. The summed E-state index contributed by atoms with van der Waals surface area (Å²) in [6.07, 6.45) is 0.822. The molecular weight excluding hydrogens is 574 g/mol. The zero-order valence-corrected chi connectivity index (χ0v) is 26.3. The number of para-hydroxylation sites is 1. The minimum atomic E-state index is -0.688. The van der Waals surface area contributed by atoms with Crippen molar-refractivity contribution in [3.05, 3.63) is 78.9 Å². The highest BCUT2D eigenvalue weighted by Gasteiger charge is 2.44. The Morgan fingerprint density at radius 1 is 0.818 bits per heavy atom. The number of benzene rings is 3. The summed E-state index contributed by atoms with van der Waals surface area (Å²) in [5, 5.41) is 3.35. The van der Waals surface area contributed by atoms with E-state index in [2.05, 4.69) is 39.4 Å². The van der Waals surface area contributed by atoms with Gasteiger partial charge < -0.3 is 24.6 Å². The van der Waals surface area contributed by atoms with Gasteiger partial charge in [-0.3, -0.25) is 19.4 Å². The molecule has 2 amide bonds. The van der Waals surface area contributed by atoms with Crippen molar-refractivity contribution < 1.29 is 19.1 Å². The monoisotopic (exact) mass is 615 g/mol. The first-order valence-electron chi connectivity index (χ1n) is 15.4. The summed E-state index contributed by atoms with van der Waals surface area (Å²) in [7, 11) is 0. The molecule has 0 aliphatic carbocycles. The molecule has 1 atom stereocenters. The highest BCUT2D eigenvalue weighted by molar-refractivity contribution is 7.80. The number of hydrogen-bond donors (Lipinski definition) is 1. The Morgan fingerprint density at radius 2 is 1.43 bits per heavy atom. The van der Waals surface area contributed by atoms with Crippen LogP contribution >= 0.6 is 12.2 Å². The van der Waals surface area contributed by atoms with Gasteiger partial charge in [-0.1, -0.05) is 18.2 Å². The lowest BCUT2D eigenvalue weighted by molar-refractivity contribution is -0.124. The molecule has 2 aliphatic rings. The molecular formula is C34H41N5O4S. The van der Waals surface area contributed by atoms with Crippen molar-refractivity contribution in [2.75, 3.05) is 67.6 Å². The Kier molecular flexibility index (Phi) is 10.7. The third-order valence-corrected chi connectivity index (χ3v) is 8.34. The summed E-state index contributed by atoms with van der Waals surface area (Å²) < 4.78 is 11.1. The van der Waals surface area contributed by atoms with Gasteiger partial charge in [0.25, 0.3) is 5.91 Å². The number of ether oxygens (including phenoxy) is 2. The van der Waals surface area contributed by atoms with Gasteiger partial charge in [-0.25, -0.2) is 0 Å². The van der Waals surface area contributed by atoms with Gasteiger partial charge in [0.05, 0.1) is 25.3 Å². The molecule has 0 unspecified atom stereocenters. The fourth-order valence-corrected chi connectivity index (χ4v) is 6.12. The third-order valence-electron chi connectivity index (χ3n) is 7.92. The second kappa shape index (κ2) is 15.0. The molecule has 2 fully saturated rings. The first kappa shape index (κ1) is 31.3. The molecule has 3 aromatic carbocycles. The van der Waals surface area contributed by atoms with Crippen molar-refractivity contribution in [1.29, 1.82) is 0 Å². The van der Waals surface area contributed by atoms with Gasteiger partial charge in [0.15, 0.2) is 5.11 Å². The predicted octanol–water partition coefficient (Wildman–Crippen LogP) is 5.03. The van der Waals surface area contributed by atoms with Gasteiger partial charge in [-0.2, -0.15) is 0 Å². The standard InChI is InChI=1S/C34H41N5O4S/c1-3-42-29-15-11-26(12-16-29)35-32(40)25-31-33(41)39(28-13-17-30(18-14-28)43-4-2)34(44)38(31)20-8-19-36-21-23-37(24-22-36)27-9-6-5-7-10-27/h5-7,9-18,31H,3-4,8,19-25H2,1-2H3,(H,35,40)/t31-/m1/s1. The maximum absolute atomic E-state index is 13.8. The quantitative estimate of drug-likeness (QED) is 0.269. The summed E-state index contributed by atoms with van der Waals surface area (Å²) in [4.78, 5) is 35.4. The zero-order chi connectivity index (χ0) is 30.9. The first-order chi connectivity index (χ1) is 21.5. The van der Waals surface area contributed by atoms with Crippen LogP contribution in [0.4, 0.5) is 17.1 Å². The molecule has 0 bridgehead atoms. The molecule has 0 spiro atoms. The number of carbonyl (C=O) groups excluding carboxylic acids is 2. The van der Waals surface area contributed by atoms with Gasteiger partial charge in [0, 0.05) is 44.1 Å². The Balaban J connectivity index is 1.23. The maximum atomic E-state index is 13.8. The van der Waals surface area contributed by atoms with E-state index in [9.17, 15) is 9.59 Å². The lowest BCUT2D eigenvalue weighted by atomic mass is 10.1. The van der Waals surface area contributed by atoms with Crippen molar-refractivity contribution >= 4 is 46.2 Å². The molecule has 5 rings (SSSR count). The fourth-order valence-electron chi connectivity index (χ4n) is 5.71. The molecule has 0 saturated carbocycles. The van der Waals surface area contributed by atoms with Crippen molar-refractivity contribution in [3.63, 3.8) is 0 Å².